The third kappa shape index (κ3) is 6.67. The molecule has 0 spiro atoms. The van der Waals surface area contributed by atoms with Gasteiger partial charge in [-0.3, -0.25) is 14.4 Å². The van der Waals surface area contributed by atoms with Crippen LogP contribution in [0.1, 0.15) is 26.3 Å². The molecule has 1 rings (SSSR count). The van der Waals surface area contributed by atoms with Crippen molar-refractivity contribution < 1.29 is 19.2 Å². The Balaban J connectivity index is 0.00000576. The van der Waals surface area contributed by atoms with Gasteiger partial charge in [-0.25, -0.2) is 5.90 Å². The monoisotopic (exact) mass is 592 g/mol. The molecule has 0 radical (unpaired) electrons. The molecule has 0 heterocycles. The average Bonchev–Trinajstić information content (AvgIpc) is 2.54. The van der Waals surface area contributed by atoms with Crippen LogP contribution < -0.4 is 21.8 Å². The van der Waals surface area contributed by atoms with Crippen LogP contribution >= 0.6 is 0 Å². The first-order valence-corrected chi connectivity index (χ1v) is 7.53. The fourth-order valence-electron chi connectivity index (χ4n) is 2.00. The normalized spacial score (nSPS) is 12.5. The number of rotatable bonds is 9. The molecule has 144 valence electrons. The number of benzene rings is 1. The van der Waals surface area contributed by atoms with E-state index < -0.39 is 18.0 Å². The van der Waals surface area contributed by atoms with E-state index >= 15 is 0 Å². The Labute approximate surface area is 141 Å². The first kappa shape index (κ1) is 21.6. The summed E-state index contributed by atoms with van der Waals surface area (Å²) in [5, 5.41) is 7.58. The summed E-state index contributed by atoms with van der Waals surface area (Å²) >= 11 is 0. The van der Waals surface area contributed by atoms with Crippen molar-refractivity contribution >= 4 is 23.9 Å². The van der Waals surface area contributed by atoms with Crippen LogP contribution in [-0.2, 0) is 25.8 Å². The molecule has 1 unspecified atom stereocenters. The van der Waals surface area contributed by atoms with Crippen LogP contribution in [0.4, 0.5) is 5.69 Å². The molecule has 1 aromatic carbocycles. The zero-order valence-electron chi connectivity index (χ0n) is 14.2. The Morgan fingerprint density at radius 3 is 2.24 bits per heavy atom. The zero-order valence-corrected chi connectivity index (χ0v) is 16.7. The third-order valence-corrected chi connectivity index (χ3v) is 3.39. The summed E-state index contributed by atoms with van der Waals surface area (Å²) in [7, 11) is 0. The van der Waals surface area contributed by atoms with Gasteiger partial charge in [0, 0.05) is 5.69 Å². The molecule has 2 atom stereocenters. The number of anilines is 1. The first-order chi connectivity index (χ1) is 11.4. The van der Waals surface area contributed by atoms with Gasteiger partial charge in [0.25, 0.3) is 0 Å². The van der Waals surface area contributed by atoms with Crippen molar-refractivity contribution in [1.82, 2.24) is 10.6 Å². The second-order valence-electron chi connectivity index (χ2n) is 5.70. The molecule has 0 saturated carbocycles. The van der Waals surface area contributed by atoms with Gasteiger partial charge < -0.3 is 20.7 Å². The van der Waals surface area contributed by atoms with E-state index in [1.54, 1.807) is 45.0 Å². The Hall–Kier alpha value is -3.45. The number of nitrogens with two attached hydrogens (primary N) is 1. The van der Waals surface area contributed by atoms with E-state index in [4.69, 9.17) is 5.90 Å². The van der Waals surface area contributed by atoms with Crippen molar-refractivity contribution in [2.45, 2.75) is 39.5 Å². The molecule has 5 N–H and O–H groups in total. The van der Waals surface area contributed by atoms with Crippen LogP contribution in [0, 0.1) is 5.92 Å². The Morgan fingerprint density at radius 1 is 1.16 bits per heavy atom. The molecule has 0 aromatic heterocycles. The smallest absolute Gasteiger partial charge is 0.246 e. The second-order valence-corrected chi connectivity index (χ2v) is 5.70. The summed E-state index contributed by atoms with van der Waals surface area (Å²) in [5.41, 5.74) is 1.45. The quantitative estimate of drug-likeness (QED) is 0.186. The zero-order chi connectivity index (χ0) is 18.1. The predicted molar refractivity (Wildman–Crippen MR) is 89.1 cm³/mol. The van der Waals surface area contributed by atoms with Gasteiger partial charge in [-0.2, -0.15) is 6.41 Å². The van der Waals surface area contributed by atoms with Gasteiger partial charge in [-0.05, 0) is 30.5 Å². The van der Waals surface area contributed by atoms with E-state index in [9.17, 15) is 14.4 Å². The molecule has 0 bridgehead atoms. The Kier molecular flexibility index (Phi) is 8.92. The molecule has 8 nitrogen and oxygen atoms in total. The van der Waals surface area contributed by atoms with Gasteiger partial charge in [0.2, 0.25) is 11.8 Å². The molecule has 0 aliphatic carbocycles. The Bertz CT molecular complexity index is 566. The molecule has 0 aliphatic rings. The first-order valence-electron chi connectivity index (χ1n) is 7.53. The fourth-order valence-corrected chi connectivity index (χ4v) is 2.00. The van der Waals surface area contributed by atoms with Gasteiger partial charge >= 0.3 is 0 Å². The van der Waals surface area contributed by atoms with Crippen molar-refractivity contribution in [3.05, 3.63) is 29.8 Å². The number of hydrogen-bond donors (Lipinski definition) is 4. The van der Waals surface area contributed by atoms with Crippen molar-refractivity contribution in [3.8, 4) is 0 Å². The third-order valence-electron chi connectivity index (χ3n) is 3.39. The molecule has 1 aromatic rings. The van der Waals surface area contributed by atoms with Crippen molar-refractivity contribution in [2.75, 3.05) is 5.32 Å². The number of amides is 3. The van der Waals surface area contributed by atoms with Crippen LogP contribution in [0.25, 0.3) is 0 Å². The van der Waals surface area contributed by atoms with Gasteiger partial charge in [0.05, 0.1) is 12.6 Å². The molecule has 0 aliphatic heterocycles. The van der Waals surface area contributed by atoms with Gasteiger partial charge in [-0.1, -0.05) is 26.0 Å². The van der Waals surface area contributed by atoms with Crippen LogP contribution in [0.2, 0.25) is 0 Å². The Morgan fingerprint density at radius 2 is 1.76 bits per heavy atom. The van der Waals surface area contributed by atoms with Crippen LogP contribution in [-0.4, -0.2) is 30.3 Å². The van der Waals surface area contributed by atoms with E-state index in [0.717, 1.165) is 5.56 Å². The number of carbonyl (C=O) groups excluding carboxylic acids is 3. The summed E-state index contributed by atoms with van der Waals surface area (Å²) in [6.45, 7) is 5.40. The topological polar surface area (TPSA) is 123 Å². The number of nitrogens with one attached hydrogen (secondary N) is 3. The summed E-state index contributed by atoms with van der Waals surface area (Å²) in [6.07, 6.45) is 1.51. The largest absolute Gasteiger partial charge is 0.520 e. The minimum absolute atomic E-state index is 0. The van der Waals surface area contributed by atoms with Crippen molar-refractivity contribution in [3.63, 3.8) is 0 Å². The van der Waals surface area contributed by atoms with Crippen LogP contribution in [0.3, 0.4) is 0 Å². The van der Waals surface area contributed by atoms with Gasteiger partial charge in [-0.15, -0.1) is 0 Å². The standard InChI is InChI=1S/C16H23N4O4.Fm/c1-10(2)14(18-9-21)16(23)19-11(3)15(22)20-13-6-4-12(5-7-13)8-24-17;/h4-7,10-11,14H,8,17H2,1-3H3,(H,18,21)(H,19,23)(H,20,22);/q-1;/t11-,14?;/m0./s1. The molecule has 25 heavy (non-hydrogen) atoms. The summed E-state index contributed by atoms with van der Waals surface area (Å²) in [4.78, 5) is 39.2. The van der Waals surface area contributed by atoms with Crippen LogP contribution in [0.5, 0.6) is 0 Å². The van der Waals surface area contributed by atoms with E-state index in [1.165, 1.54) is 6.41 Å². The maximum absolute atomic E-state index is 12.1. The predicted octanol–water partition coefficient (Wildman–Crippen LogP) is 0.202. The SMILES string of the molecule is CC(C)C(N[C-]=O)C(=O)N[C@@H](C)C(=O)Nc1ccc(CON)cc1.[Fm]. The molecule has 3 amide bonds. The van der Waals surface area contributed by atoms with E-state index in [2.05, 4.69) is 20.8 Å². The minimum Gasteiger partial charge on any atom is -0.520 e. The number of hydrogen-bond acceptors (Lipinski definition) is 5. The summed E-state index contributed by atoms with van der Waals surface area (Å²) in [6, 6.07) is 5.45. The summed E-state index contributed by atoms with van der Waals surface area (Å²) < 4.78 is 0. The molecule has 0 fully saturated rings. The molecule has 9 heteroatoms. The molecular weight excluding hydrogens is 569 g/mol. The molecule has 0 saturated heterocycles. The maximum atomic E-state index is 12.1. The van der Waals surface area contributed by atoms with Crippen molar-refractivity contribution in [2.24, 2.45) is 11.8 Å². The average molecular weight is 592 g/mol. The van der Waals surface area contributed by atoms with E-state index in [1.807, 2.05) is 0 Å². The van der Waals surface area contributed by atoms with Gasteiger partial charge in [0.1, 0.15) is 6.04 Å². The van der Waals surface area contributed by atoms with E-state index in [-0.39, 0.29) is 18.4 Å². The molecular formula is C16H23FmN4O4-. The van der Waals surface area contributed by atoms with Crippen molar-refractivity contribution in [1.29, 1.82) is 0 Å². The van der Waals surface area contributed by atoms with Crippen LogP contribution in [0.15, 0.2) is 24.3 Å². The van der Waals surface area contributed by atoms with E-state index in [0.29, 0.717) is 5.69 Å². The fraction of sp³-hybridized carbons (Fsp3) is 0.438. The summed E-state index contributed by atoms with van der Waals surface area (Å²) in [5.74, 6) is 4.06. The minimum atomic E-state index is -0.765. The number of carbonyl (C=O) groups is 2. The second kappa shape index (κ2) is 10.3. The van der Waals surface area contributed by atoms with Gasteiger partial charge in [0.15, 0.2) is 0 Å². The maximum Gasteiger partial charge on any atom is 0.246 e.